The molecule has 9 heteroatoms. The zero-order chi connectivity index (χ0) is 19.8. The fourth-order valence-electron chi connectivity index (χ4n) is 2.86. The lowest BCUT2D eigenvalue weighted by Crippen LogP contribution is -2.22. The number of ether oxygens (including phenoxy) is 2. The van der Waals surface area contributed by atoms with Crippen LogP contribution in [0, 0.1) is 3.57 Å². The van der Waals surface area contributed by atoms with Crippen molar-refractivity contribution < 1.29 is 19.4 Å². The van der Waals surface area contributed by atoms with E-state index in [1.54, 1.807) is 22.6 Å². The van der Waals surface area contributed by atoms with Gasteiger partial charge in [0.25, 0.3) is 5.56 Å². The van der Waals surface area contributed by atoms with Gasteiger partial charge in [-0.3, -0.25) is 4.79 Å². The third-order valence-electron chi connectivity index (χ3n) is 4.03. The van der Waals surface area contributed by atoms with Crippen molar-refractivity contribution in [1.29, 1.82) is 0 Å². The van der Waals surface area contributed by atoms with Crippen LogP contribution in [-0.2, 0) is 4.79 Å². The molecule has 2 heterocycles. The van der Waals surface area contributed by atoms with Crippen LogP contribution in [0.25, 0.3) is 22.1 Å². The summed E-state index contributed by atoms with van der Waals surface area (Å²) in [5.41, 5.74) is 2.18. The predicted octanol–water partition coefficient (Wildman–Crippen LogP) is 2.53. The van der Waals surface area contributed by atoms with Gasteiger partial charge in [-0.25, -0.2) is 14.2 Å². The number of fused-ring (bicyclic) bond motifs is 3. The standard InChI is InChI=1S/C19H13IN2O5S/c1-26-14-7-10(6-11(20)17(14)27-9-16(23)24)8-15-18(25)22-13-5-3-2-4-12(13)21-19(22)28-15/h2-8H,9H2,1H3,(H,23,24). The van der Waals surface area contributed by atoms with Crippen LogP contribution in [0.5, 0.6) is 11.5 Å². The van der Waals surface area contributed by atoms with Crippen molar-refractivity contribution in [3.63, 3.8) is 0 Å². The first kappa shape index (κ1) is 18.7. The van der Waals surface area contributed by atoms with E-state index in [-0.39, 0.29) is 5.56 Å². The summed E-state index contributed by atoms with van der Waals surface area (Å²) in [5.74, 6) is -0.311. The Bertz CT molecular complexity index is 1330. The zero-order valence-corrected chi connectivity index (χ0v) is 17.5. The molecule has 0 aliphatic rings. The Morgan fingerprint density at radius 2 is 2.14 bits per heavy atom. The number of aromatic nitrogens is 2. The van der Waals surface area contributed by atoms with E-state index in [1.165, 1.54) is 18.4 Å². The molecule has 2 aromatic carbocycles. The quantitative estimate of drug-likeness (QED) is 0.417. The number of carboxylic acid groups (broad SMARTS) is 1. The summed E-state index contributed by atoms with van der Waals surface area (Å²) in [6.07, 6.45) is 1.77. The molecule has 2 aromatic heterocycles. The molecule has 0 saturated heterocycles. The number of methoxy groups -OCH3 is 1. The highest BCUT2D eigenvalue weighted by Gasteiger charge is 2.14. The van der Waals surface area contributed by atoms with Crippen LogP contribution in [0.2, 0.25) is 0 Å². The van der Waals surface area contributed by atoms with Gasteiger partial charge in [-0.15, -0.1) is 0 Å². The minimum absolute atomic E-state index is 0.131. The van der Waals surface area contributed by atoms with E-state index in [4.69, 9.17) is 14.6 Å². The number of aliphatic carboxylic acids is 1. The first-order valence-electron chi connectivity index (χ1n) is 8.12. The number of para-hydroxylation sites is 2. The molecule has 0 unspecified atom stereocenters. The topological polar surface area (TPSA) is 90.1 Å². The SMILES string of the molecule is COc1cc(C=c2sc3nc4ccccc4n3c2=O)cc(I)c1OCC(=O)O. The highest BCUT2D eigenvalue weighted by molar-refractivity contribution is 14.1. The third-order valence-corrected chi connectivity index (χ3v) is 5.80. The van der Waals surface area contributed by atoms with Gasteiger partial charge in [-0.05, 0) is 58.5 Å². The molecular weight excluding hydrogens is 495 g/mol. The van der Waals surface area contributed by atoms with Crippen molar-refractivity contribution in [3.05, 3.63) is 60.4 Å². The van der Waals surface area contributed by atoms with Gasteiger partial charge in [-0.2, -0.15) is 0 Å². The van der Waals surface area contributed by atoms with Crippen LogP contribution in [0.1, 0.15) is 5.56 Å². The molecule has 0 atom stereocenters. The van der Waals surface area contributed by atoms with Gasteiger partial charge >= 0.3 is 5.97 Å². The van der Waals surface area contributed by atoms with E-state index in [0.717, 1.165) is 16.6 Å². The van der Waals surface area contributed by atoms with E-state index in [2.05, 4.69) is 4.98 Å². The van der Waals surface area contributed by atoms with Gasteiger partial charge in [0.1, 0.15) is 0 Å². The molecule has 0 fully saturated rings. The van der Waals surface area contributed by atoms with Crippen molar-refractivity contribution in [2.75, 3.05) is 13.7 Å². The monoisotopic (exact) mass is 508 g/mol. The van der Waals surface area contributed by atoms with Crippen LogP contribution in [0.3, 0.4) is 0 Å². The molecule has 1 N–H and O–H groups in total. The van der Waals surface area contributed by atoms with Crippen LogP contribution in [0.4, 0.5) is 0 Å². The van der Waals surface area contributed by atoms with E-state index in [1.807, 2.05) is 46.9 Å². The molecule has 0 aliphatic heterocycles. The molecule has 4 rings (SSSR count). The number of thiazole rings is 1. The van der Waals surface area contributed by atoms with Crippen molar-refractivity contribution in [3.8, 4) is 11.5 Å². The summed E-state index contributed by atoms with van der Waals surface area (Å²) >= 11 is 3.36. The number of carboxylic acids is 1. The minimum Gasteiger partial charge on any atom is -0.493 e. The molecule has 0 saturated carbocycles. The minimum atomic E-state index is -1.07. The number of nitrogens with zero attached hydrogens (tertiary/aromatic N) is 2. The average Bonchev–Trinajstić information content (AvgIpc) is 3.16. The number of halogens is 1. The van der Waals surface area contributed by atoms with E-state index in [0.29, 0.717) is 24.6 Å². The maximum atomic E-state index is 12.9. The fourth-order valence-corrected chi connectivity index (χ4v) is 4.63. The Labute approximate surface area is 176 Å². The first-order valence-corrected chi connectivity index (χ1v) is 10.0. The largest absolute Gasteiger partial charge is 0.493 e. The van der Waals surface area contributed by atoms with Crippen LogP contribution >= 0.6 is 33.9 Å². The number of rotatable bonds is 5. The van der Waals surface area contributed by atoms with Crippen LogP contribution in [-0.4, -0.2) is 34.2 Å². The van der Waals surface area contributed by atoms with Gasteiger partial charge < -0.3 is 14.6 Å². The van der Waals surface area contributed by atoms with Crippen LogP contribution in [0.15, 0.2) is 41.2 Å². The van der Waals surface area contributed by atoms with Crippen LogP contribution < -0.4 is 19.6 Å². The Morgan fingerprint density at radius 3 is 2.89 bits per heavy atom. The summed E-state index contributed by atoms with van der Waals surface area (Å²) in [6, 6.07) is 11.0. The second-order valence-electron chi connectivity index (χ2n) is 5.85. The number of hydrogen-bond acceptors (Lipinski definition) is 6. The van der Waals surface area contributed by atoms with Crippen molar-refractivity contribution in [2.45, 2.75) is 0 Å². The van der Waals surface area contributed by atoms with E-state index < -0.39 is 12.6 Å². The highest BCUT2D eigenvalue weighted by Crippen LogP contribution is 2.34. The second kappa shape index (κ2) is 7.40. The van der Waals surface area contributed by atoms with E-state index >= 15 is 0 Å². The van der Waals surface area contributed by atoms with Crippen molar-refractivity contribution in [1.82, 2.24) is 9.38 Å². The van der Waals surface area contributed by atoms with Gasteiger partial charge in [0.05, 0.1) is 26.2 Å². The first-order chi connectivity index (χ1) is 13.5. The van der Waals surface area contributed by atoms with Gasteiger partial charge in [0.15, 0.2) is 23.1 Å². The Morgan fingerprint density at radius 1 is 1.36 bits per heavy atom. The van der Waals surface area contributed by atoms with Crippen molar-refractivity contribution >= 4 is 62.0 Å². The van der Waals surface area contributed by atoms with Gasteiger partial charge in [-0.1, -0.05) is 23.5 Å². The number of hydrogen-bond donors (Lipinski definition) is 1. The lowest BCUT2D eigenvalue weighted by atomic mass is 10.2. The molecule has 4 aromatic rings. The molecule has 0 bridgehead atoms. The summed E-state index contributed by atoms with van der Waals surface area (Å²) in [4.78, 5) is 28.8. The Kier molecular flexibility index (Phi) is 4.94. The zero-order valence-electron chi connectivity index (χ0n) is 14.5. The highest BCUT2D eigenvalue weighted by atomic mass is 127. The second-order valence-corrected chi connectivity index (χ2v) is 8.02. The number of benzene rings is 2. The molecule has 7 nitrogen and oxygen atoms in total. The van der Waals surface area contributed by atoms with Gasteiger partial charge in [0.2, 0.25) is 0 Å². The number of carbonyl (C=O) groups is 1. The molecule has 0 aliphatic carbocycles. The molecule has 0 spiro atoms. The Balaban J connectivity index is 1.82. The third kappa shape index (κ3) is 3.31. The molecule has 28 heavy (non-hydrogen) atoms. The molecular formula is C19H13IN2O5S. The summed E-state index contributed by atoms with van der Waals surface area (Å²) in [5, 5.41) is 8.82. The Hall–Kier alpha value is -2.66. The number of imidazole rings is 1. The average molecular weight is 508 g/mol. The van der Waals surface area contributed by atoms with E-state index in [9.17, 15) is 9.59 Å². The van der Waals surface area contributed by atoms with Gasteiger partial charge in [0, 0.05) is 0 Å². The summed E-state index contributed by atoms with van der Waals surface area (Å²) in [6.45, 7) is -0.463. The smallest absolute Gasteiger partial charge is 0.341 e. The van der Waals surface area contributed by atoms with Crippen molar-refractivity contribution in [2.24, 2.45) is 0 Å². The fraction of sp³-hybridized carbons (Fsp3) is 0.105. The maximum absolute atomic E-state index is 12.9. The molecule has 142 valence electrons. The lowest BCUT2D eigenvalue weighted by molar-refractivity contribution is -0.139. The normalized spacial score (nSPS) is 12.0. The molecule has 0 amide bonds. The summed E-state index contributed by atoms with van der Waals surface area (Å²) < 4.78 is 13.5. The predicted molar refractivity (Wildman–Crippen MR) is 114 cm³/mol. The molecule has 0 radical (unpaired) electrons. The summed E-state index contributed by atoms with van der Waals surface area (Å²) in [7, 11) is 1.48. The maximum Gasteiger partial charge on any atom is 0.341 e. The lowest BCUT2D eigenvalue weighted by Gasteiger charge is -2.12.